The summed E-state index contributed by atoms with van der Waals surface area (Å²) >= 11 is 0. The number of fused-ring (bicyclic) bond motifs is 1. The van der Waals surface area contributed by atoms with Crippen molar-refractivity contribution < 1.29 is 9.53 Å². The predicted octanol–water partition coefficient (Wildman–Crippen LogP) is 1.21. The summed E-state index contributed by atoms with van der Waals surface area (Å²) in [5.41, 5.74) is 1.39. The van der Waals surface area contributed by atoms with Crippen LogP contribution < -0.4 is 11.0 Å². The van der Waals surface area contributed by atoms with Gasteiger partial charge in [0, 0.05) is 32.9 Å². The maximum atomic E-state index is 13.0. The van der Waals surface area contributed by atoms with E-state index in [9.17, 15) is 9.59 Å². The average Bonchev–Trinajstić information content (AvgIpc) is 2.91. The number of carbonyl (C=O) groups is 1. The van der Waals surface area contributed by atoms with Gasteiger partial charge in [0.05, 0.1) is 24.7 Å². The number of pyridine rings is 1. The molecule has 1 fully saturated rings. The van der Waals surface area contributed by atoms with Crippen LogP contribution in [0.25, 0.3) is 11.2 Å². The largest absolute Gasteiger partial charge is 0.383 e. The molecule has 1 atom stereocenters. The molecule has 8 heteroatoms. The number of urea groups is 1. The molecule has 136 valence electrons. The number of piperidine rings is 1. The Morgan fingerprint density at radius 3 is 3.08 bits per heavy atom. The maximum Gasteiger partial charge on any atom is 0.330 e. The van der Waals surface area contributed by atoms with Crippen molar-refractivity contribution in [2.75, 3.05) is 33.4 Å². The highest BCUT2D eigenvalue weighted by atomic mass is 16.5. The Balaban J connectivity index is 1.96. The van der Waals surface area contributed by atoms with Crippen LogP contribution in [0.2, 0.25) is 0 Å². The van der Waals surface area contributed by atoms with Crippen LogP contribution in [0, 0.1) is 0 Å². The minimum atomic E-state index is -0.0894. The topological polar surface area (TPSA) is 81.4 Å². The maximum absolute atomic E-state index is 13.0. The van der Waals surface area contributed by atoms with Gasteiger partial charge < -0.3 is 15.0 Å². The third-order valence-electron chi connectivity index (χ3n) is 4.62. The zero-order valence-corrected chi connectivity index (χ0v) is 14.8. The molecule has 0 aromatic carbocycles. The molecular weight excluding hydrogens is 322 g/mol. The molecule has 2 amide bonds. The Morgan fingerprint density at radius 1 is 1.48 bits per heavy atom. The van der Waals surface area contributed by atoms with Gasteiger partial charge in [0.15, 0.2) is 5.65 Å². The van der Waals surface area contributed by atoms with Gasteiger partial charge in [-0.15, -0.1) is 0 Å². The van der Waals surface area contributed by atoms with Crippen molar-refractivity contribution in [3.05, 3.63) is 28.8 Å². The molecule has 0 aliphatic carbocycles. The second-order valence-electron chi connectivity index (χ2n) is 6.22. The fourth-order valence-corrected chi connectivity index (χ4v) is 3.45. The molecule has 0 saturated carbocycles. The molecule has 1 saturated heterocycles. The number of likely N-dealkylation sites (tertiary alicyclic amines) is 1. The van der Waals surface area contributed by atoms with E-state index in [4.69, 9.17) is 4.74 Å². The second kappa shape index (κ2) is 7.69. The first-order chi connectivity index (χ1) is 12.2. The summed E-state index contributed by atoms with van der Waals surface area (Å²) in [4.78, 5) is 31.4. The van der Waals surface area contributed by atoms with E-state index in [1.807, 2.05) is 19.1 Å². The summed E-state index contributed by atoms with van der Waals surface area (Å²) in [6.07, 6.45) is 3.42. The summed E-state index contributed by atoms with van der Waals surface area (Å²) < 4.78 is 8.58. The van der Waals surface area contributed by atoms with Crippen LogP contribution in [-0.4, -0.2) is 58.4 Å². The van der Waals surface area contributed by atoms with Gasteiger partial charge in [-0.3, -0.25) is 9.13 Å². The van der Waals surface area contributed by atoms with Crippen LogP contribution in [-0.2, 0) is 11.3 Å². The highest BCUT2D eigenvalue weighted by molar-refractivity contribution is 5.74. The highest BCUT2D eigenvalue weighted by Crippen LogP contribution is 2.24. The Morgan fingerprint density at radius 2 is 2.32 bits per heavy atom. The Kier molecular flexibility index (Phi) is 5.37. The molecule has 0 bridgehead atoms. The molecule has 2 aromatic heterocycles. The molecule has 1 aliphatic heterocycles. The third kappa shape index (κ3) is 3.39. The Hall–Kier alpha value is -2.35. The van der Waals surface area contributed by atoms with Crippen molar-refractivity contribution in [3.63, 3.8) is 0 Å². The van der Waals surface area contributed by atoms with Crippen LogP contribution in [0.4, 0.5) is 4.79 Å². The van der Waals surface area contributed by atoms with E-state index < -0.39 is 0 Å². The van der Waals surface area contributed by atoms with E-state index >= 15 is 0 Å². The molecular formula is C17H25N5O3. The minimum absolute atomic E-state index is 0.0648. The van der Waals surface area contributed by atoms with E-state index in [1.165, 1.54) is 0 Å². The van der Waals surface area contributed by atoms with Gasteiger partial charge in [-0.2, -0.15) is 0 Å². The number of nitrogens with one attached hydrogen (secondary N) is 1. The molecule has 0 unspecified atom stereocenters. The van der Waals surface area contributed by atoms with Gasteiger partial charge in [-0.05, 0) is 31.9 Å². The number of methoxy groups -OCH3 is 1. The van der Waals surface area contributed by atoms with Crippen LogP contribution >= 0.6 is 0 Å². The molecule has 2 aromatic rings. The van der Waals surface area contributed by atoms with E-state index in [0.717, 1.165) is 18.4 Å². The zero-order chi connectivity index (χ0) is 17.8. The number of nitrogens with zero attached hydrogens (tertiary/aromatic N) is 4. The number of ether oxygens (including phenoxy) is 1. The van der Waals surface area contributed by atoms with Crippen molar-refractivity contribution in [2.45, 2.75) is 32.4 Å². The number of amides is 2. The van der Waals surface area contributed by atoms with Crippen molar-refractivity contribution in [1.29, 1.82) is 0 Å². The number of hydrogen-bond donors (Lipinski definition) is 1. The summed E-state index contributed by atoms with van der Waals surface area (Å²) in [6, 6.07) is 3.60. The lowest BCUT2D eigenvalue weighted by atomic mass is 10.1. The standard InChI is InChI=1S/C17H25N5O3/c1-3-18-16(23)20-9-5-6-13(12-20)22-15-14(7-4-8-19-15)21(17(22)24)10-11-25-2/h4,7-8,13H,3,5-6,9-12H2,1-2H3,(H,18,23)/t13-/m0/s1. The quantitative estimate of drug-likeness (QED) is 0.881. The monoisotopic (exact) mass is 347 g/mol. The molecule has 0 radical (unpaired) electrons. The Bertz CT molecular complexity index is 797. The first kappa shape index (κ1) is 17.5. The fraction of sp³-hybridized carbons (Fsp3) is 0.588. The fourth-order valence-electron chi connectivity index (χ4n) is 3.45. The van der Waals surface area contributed by atoms with Crippen molar-refractivity contribution in [2.24, 2.45) is 0 Å². The van der Waals surface area contributed by atoms with Crippen molar-refractivity contribution in [1.82, 2.24) is 24.3 Å². The number of rotatable bonds is 5. The first-order valence-corrected chi connectivity index (χ1v) is 8.74. The number of carbonyl (C=O) groups excluding carboxylic acids is 1. The molecule has 1 aliphatic rings. The van der Waals surface area contributed by atoms with Gasteiger partial charge in [-0.1, -0.05) is 0 Å². The van der Waals surface area contributed by atoms with Crippen molar-refractivity contribution in [3.8, 4) is 0 Å². The SMILES string of the molecule is CCNC(=O)N1CCC[C@H](n2c(=O)n(CCOC)c3cccnc32)C1. The summed E-state index contributed by atoms with van der Waals surface area (Å²) in [7, 11) is 1.62. The van der Waals surface area contributed by atoms with Gasteiger partial charge >= 0.3 is 11.7 Å². The van der Waals surface area contributed by atoms with Gasteiger partial charge in [0.1, 0.15) is 0 Å². The van der Waals surface area contributed by atoms with E-state index in [-0.39, 0.29) is 17.8 Å². The third-order valence-corrected chi connectivity index (χ3v) is 4.62. The van der Waals surface area contributed by atoms with Gasteiger partial charge in [0.25, 0.3) is 0 Å². The number of imidazole rings is 1. The smallest absolute Gasteiger partial charge is 0.330 e. The minimum Gasteiger partial charge on any atom is -0.383 e. The van der Waals surface area contributed by atoms with Gasteiger partial charge in [-0.25, -0.2) is 14.6 Å². The van der Waals surface area contributed by atoms with Crippen LogP contribution in [0.1, 0.15) is 25.8 Å². The lowest BCUT2D eigenvalue weighted by Crippen LogP contribution is -2.47. The van der Waals surface area contributed by atoms with E-state index in [0.29, 0.717) is 38.4 Å². The van der Waals surface area contributed by atoms with Crippen LogP contribution in [0.5, 0.6) is 0 Å². The average molecular weight is 347 g/mol. The number of aromatic nitrogens is 3. The lowest BCUT2D eigenvalue weighted by molar-refractivity contribution is 0.166. The molecule has 25 heavy (non-hydrogen) atoms. The summed E-state index contributed by atoms with van der Waals surface area (Å²) in [5.74, 6) is 0. The van der Waals surface area contributed by atoms with Gasteiger partial charge in [0.2, 0.25) is 0 Å². The second-order valence-corrected chi connectivity index (χ2v) is 6.22. The molecule has 3 heterocycles. The molecule has 0 spiro atoms. The van der Waals surface area contributed by atoms with E-state index in [2.05, 4.69) is 10.3 Å². The highest BCUT2D eigenvalue weighted by Gasteiger charge is 2.28. The lowest BCUT2D eigenvalue weighted by Gasteiger charge is -2.33. The normalized spacial score (nSPS) is 17.8. The van der Waals surface area contributed by atoms with Crippen LogP contribution in [0.15, 0.2) is 23.1 Å². The summed E-state index contributed by atoms with van der Waals surface area (Å²) in [5, 5.41) is 2.83. The first-order valence-electron chi connectivity index (χ1n) is 8.74. The molecule has 1 N–H and O–H groups in total. The van der Waals surface area contributed by atoms with Crippen molar-refractivity contribution >= 4 is 17.2 Å². The molecule has 8 nitrogen and oxygen atoms in total. The van der Waals surface area contributed by atoms with E-state index in [1.54, 1.807) is 27.3 Å². The van der Waals surface area contributed by atoms with Crippen LogP contribution in [0.3, 0.4) is 0 Å². The zero-order valence-electron chi connectivity index (χ0n) is 14.8. The molecule has 3 rings (SSSR count). The number of hydrogen-bond acceptors (Lipinski definition) is 4. The summed E-state index contributed by atoms with van der Waals surface area (Å²) in [6.45, 7) is 4.68. The predicted molar refractivity (Wildman–Crippen MR) is 94.8 cm³/mol. The Labute approximate surface area is 146 Å².